The standard InChI is InChI=1S/C22H23N3O6S/c1-16-15-20(24-31-16)25-32(28,29)19-9-7-18(8-10-19)23-21(26)11-12-22(27)30-14-13-17-5-3-2-4-6-17/h2-10,15H,11-14H2,1H3,(H,23,26)(H,24,25). The maximum absolute atomic E-state index is 12.4. The van der Waals surface area contributed by atoms with E-state index in [1.54, 1.807) is 6.92 Å². The SMILES string of the molecule is Cc1cc(NS(=O)(=O)c2ccc(NC(=O)CCC(=O)OCCc3ccccc3)cc2)no1. The highest BCUT2D eigenvalue weighted by molar-refractivity contribution is 7.92. The molecule has 1 amide bonds. The number of aromatic nitrogens is 1. The molecule has 0 saturated carbocycles. The summed E-state index contributed by atoms with van der Waals surface area (Å²) in [5.74, 6) is -0.278. The normalized spacial score (nSPS) is 11.0. The number of nitrogens with one attached hydrogen (secondary N) is 2. The Morgan fingerprint density at radius 3 is 2.41 bits per heavy atom. The summed E-state index contributed by atoms with van der Waals surface area (Å²) < 4.78 is 37.0. The number of rotatable bonds is 10. The lowest BCUT2D eigenvalue weighted by atomic mass is 10.2. The van der Waals surface area contributed by atoms with Crippen LogP contribution in [0.1, 0.15) is 24.2 Å². The fraction of sp³-hybridized carbons (Fsp3) is 0.227. The number of carbonyl (C=O) groups excluding carboxylic acids is 2. The van der Waals surface area contributed by atoms with Gasteiger partial charge in [0.15, 0.2) is 5.82 Å². The number of sulfonamides is 1. The Kier molecular flexibility index (Phi) is 7.61. The second kappa shape index (κ2) is 10.6. The first kappa shape index (κ1) is 23.0. The Bertz CT molecular complexity index is 1160. The smallest absolute Gasteiger partial charge is 0.306 e. The number of hydrogen-bond donors (Lipinski definition) is 2. The number of carbonyl (C=O) groups is 2. The van der Waals surface area contributed by atoms with Gasteiger partial charge in [0.1, 0.15) is 5.76 Å². The van der Waals surface area contributed by atoms with Crippen LogP contribution < -0.4 is 10.0 Å². The molecule has 3 aromatic rings. The number of ether oxygens (including phenoxy) is 1. The van der Waals surface area contributed by atoms with Crippen molar-refractivity contribution in [3.63, 3.8) is 0 Å². The molecule has 0 atom stereocenters. The van der Waals surface area contributed by atoms with Crippen LogP contribution in [-0.2, 0) is 30.8 Å². The molecule has 3 rings (SSSR count). The van der Waals surface area contributed by atoms with Crippen LogP contribution in [0.2, 0.25) is 0 Å². The topological polar surface area (TPSA) is 128 Å². The third kappa shape index (κ3) is 6.95. The minimum absolute atomic E-state index is 0.00172. The summed E-state index contributed by atoms with van der Waals surface area (Å²) in [6.07, 6.45) is 0.518. The maximum Gasteiger partial charge on any atom is 0.306 e. The largest absolute Gasteiger partial charge is 0.465 e. The minimum atomic E-state index is -3.84. The Morgan fingerprint density at radius 2 is 1.75 bits per heavy atom. The van der Waals surface area contributed by atoms with E-state index in [1.807, 2.05) is 30.3 Å². The van der Waals surface area contributed by atoms with E-state index >= 15 is 0 Å². The first-order valence-electron chi connectivity index (χ1n) is 9.87. The zero-order valence-electron chi connectivity index (χ0n) is 17.4. The van der Waals surface area contributed by atoms with E-state index in [1.165, 1.54) is 30.3 Å². The van der Waals surface area contributed by atoms with Crippen LogP contribution in [0.5, 0.6) is 0 Å². The second-order valence-corrected chi connectivity index (χ2v) is 8.64. The molecule has 1 aromatic heterocycles. The number of hydrogen-bond acceptors (Lipinski definition) is 7. The van der Waals surface area contributed by atoms with Gasteiger partial charge in [-0.25, -0.2) is 8.42 Å². The van der Waals surface area contributed by atoms with Gasteiger partial charge in [-0.3, -0.25) is 14.3 Å². The fourth-order valence-corrected chi connectivity index (χ4v) is 3.75. The molecule has 1 heterocycles. The summed E-state index contributed by atoms with van der Waals surface area (Å²) in [5, 5.41) is 6.21. The first-order chi connectivity index (χ1) is 15.3. The van der Waals surface area contributed by atoms with E-state index in [-0.39, 0.29) is 36.1 Å². The quantitative estimate of drug-likeness (QED) is 0.447. The van der Waals surface area contributed by atoms with E-state index in [2.05, 4.69) is 15.2 Å². The monoisotopic (exact) mass is 457 g/mol. The van der Waals surface area contributed by atoms with Crippen molar-refractivity contribution in [2.24, 2.45) is 0 Å². The zero-order chi connectivity index (χ0) is 23.0. The van der Waals surface area contributed by atoms with E-state index in [9.17, 15) is 18.0 Å². The molecule has 32 heavy (non-hydrogen) atoms. The molecule has 9 nitrogen and oxygen atoms in total. The van der Waals surface area contributed by atoms with Gasteiger partial charge in [-0.15, -0.1) is 0 Å². The number of aryl methyl sites for hydroxylation is 1. The van der Waals surface area contributed by atoms with Crippen molar-refractivity contribution in [2.45, 2.75) is 31.1 Å². The Morgan fingerprint density at radius 1 is 1.03 bits per heavy atom. The molecule has 0 aliphatic carbocycles. The summed E-state index contributed by atoms with van der Waals surface area (Å²) in [7, 11) is -3.84. The van der Waals surface area contributed by atoms with Gasteiger partial charge in [-0.05, 0) is 36.8 Å². The molecule has 2 aromatic carbocycles. The van der Waals surface area contributed by atoms with Crippen LogP contribution in [0.3, 0.4) is 0 Å². The Labute approximate surface area is 185 Å². The molecular formula is C22H23N3O6S. The molecular weight excluding hydrogens is 434 g/mol. The van der Waals surface area contributed by atoms with Crippen molar-refractivity contribution in [3.05, 3.63) is 72.0 Å². The van der Waals surface area contributed by atoms with E-state index in [4.69, 9.17) is 9.26 Å². The van der Waals surface area contributed by atoms with Gasteiger partial charge in [0, 0.05) is 24.6 Å². The maximum atomic E-state index is 12.4. The van der Waals surface area contributed by atoms with Gasteiger partial charge in [0.25, 0.3) is 10.0 Å². The zero-order valence-corrected chi connectivity index (χ0v) is 18.2. The first-order valence-corrected chi connectivity index (χ1v) is 11.4. The summed E-state index contributed by atoms with van der Waals surface area (Å²) >= 11 is 0. The van der Waals surface area contributed by atoms with Crippen LogP contribution in [0, 0.1) is 6.92 Å². The summed E-state index contributed by atoms with van der Waals surface area (Å²) in [6, 6.07) is 16.7. The molecule has 2 N–H and O–H groups in total. The van der Waals surface area contributed by atoms with Crippen molar-refractivity contribution in [2.75, 3.05) is 16.6 Å². The Hall–Kier alpha value is -3.66. The van der Waals surface area contributed by atoms with Crippen LogP contribution >= 0.6 is 0 Å². The highest BCUT2D eigenvalue weighted by Gasteiger charge is 2.16. The molecule has 0 aliphatic heterocycles. The predicted molar refractivity (Wildman–Crippen MR) is 117 cm³/mol. The summed E-state index contributed by atoms with van der Waals surface area (Å²) in [4.78, 5) is 23.9. The number of anilines is 2. The van der Waals surface area contributed by atoms with Crippen LogP contribution in [-0.4, -0.2) is 32.1 Å². The van der Waals surface area contributed by atoms with Crippen LogP contribution in [0.25, 0.3) is 0 Å². The molecule has 168 valence electrons. The Balaban J connectivity index is 1.42. The average Bonchev–Trinajstić information content (AvgIpc) is 3.17. The van der Waals surface area contributed by atoms with Gasteiger partial charge in [0.2, 0.25) is 5.91 Å². The van der Waals surface area contributed by atoms with Gasteiger partial charge in [0.05, 0.1) is 17.9 Å². The van der Waals surface area contributed by atoms with E-state index in [0.717, 1.165) is 5.56 Å². The van der Waals surface area contributed by atoms with E-state index in [0.29, 0.717) is 17.9 Å². The van der Waals surface area contributed by atoms with Crippen LogP contribution in [0.4, 0.5) is 11.5 Å². The van der Waals surface area contributed by atoms with Gasteiger partial charge < -0.3 is 14.6 Å². The number of benzene rings is 2. The second-order valence-electron chi connectivity index (χ2n) is 6.96. The molecule has 0 radical (unpaired) electrons. The predicted octanol–water partition coefficient (Wildman–Crippen LogP) is 3.29. The van der Waals surface area contributed by atoms with Crippen molar-refractivity contribution in [1.82, 2.24) is 5.16 Å². The molecule has 0 aliphatic rings. The lowest BCUT2D eigenvalue weighted by molar-refractivity contribution is -0.144. The molecule has 10 heteroatoms. The fourth-order valence-electron chi connectivity index (χ4n) is 2.77. The minimum Gasteiger partial charge on any atom is -0.465 e. The highest BCUT2D eigenvalue weighted by atomic mass is 32.2. The van der Waals surface area contributed by atoms with Gasteiger partial charge in [-0.2, -0.15) is 0 Å². The molecule has 0 bridgehead atoms. The number of amides is 1. The van der Waals surface area contributed by atoms with Gasteiger partial charge >= 0.3 is 5.97 Å². The lowest BCUT2D eigenvalue weighted by Crippen LogP contribution is -2.16. The van der Waals surface area contributed by atoms with Crippen molar-refractivity contribution in [1.29, 1.82) is 0 Å². The summed E-state index contributed by atoms with van der Waals surface area (Å²) in [5.41, 5.74) is 1.47. The lowest BCUT2D eigenvalue weighted by Gasteiger charge is -2.08. The van der Waals surface area contributed by atoms with Gasteiger partial charge in [-0.1, -0.05) is 35.5 Å². The third-order valence-electron chi connectivity index (χ3n) is 4.37. The third-order valence-corrected chi connectivity index (χ3v) is 5.74. The molecule has 0 saturated heterocycles. The molecule has 0 spiro atoms. The summed E-state index contributed by atoms with van der Waals surface area (Å²) in [6.45, 7) is 1.90. The molecule has 0 fully saturated rings. The number of esters is 1. The van der Waals surface area contributed by atoms with E-state index < -0.39 is 16.0 Å². The van der Waals surface area contributed by atoms with Crippen molar-refractivity contribution >= 4 is 33.4 Å². The van der Waals surface area contributed by atoms with Crippen molar-refractivity contribution < 1.29 is 27.3 Å². The van der Waals surface area contributed by atoms with Crippen LogP contribution in [0.15, 0.2) is 70.1 Å². The molecule has 0 unspecified atom stereocenters. The highest BCUT2D eigenvalue weighted by Crippen LogP contribution is 2.18. The average molecular weight is 458 g/mol. The number of nitrogens with zero attached hydrogens (tertiary/aromatic N) is 1. The van der Waals surface area contributed by atoms with Crippen molar-refractivity contribution in [3.8, 4) is 0 Å².